The molecule has 7 heteroatoms. The van der Waals surface area contributed by atoms with Gasteiger partial charge in [0.25, 0.3) is 11.1 Å². The maximum Gasteiger partial charge on any atom is 0.293 e. The molecule has 0 bridgehead atoms. The van der Waals surface area contributed by atoms with E-state index in [1.165, 1.54) is 4.90 Å². The highest BCUT2D eigenvalue weighted by molar-refractivity contribution is 14.1. The average molecular weight is 529 g/mol. The molecule has 0 unspecified atom stereocenters. The van der Waals surface area contributed by atoms with Crippen molar-refractivity contribution in [3.05, 3.63) is 29.7 Å². The van der Waals surface area contributed by atoms with Gasteiger partial charge in [0.15, 0.2) is 0 Å². The van der Waals surface area contributed by atoms with Gasteiger partial charge in [-0.1, -0.05) is 6.92 Å². The monoisotopic (exact) mass is 529 g/mol. The Morgan fingerprint density at radius 1 is 1.33 bits per heavy atom. The number of halogens is 2. The van der Waals surface area contributed by atoms with Gasteiger partial charge in [0.05, 0.1) is 12.0 Å². The number of phenolic OH excluding ortho intramolecular Hbond substituents is 1. The highest BCUT2D eigenvalue weighted by Crippen LogP contribution is 2.35. The Labute approximate surface area is 154 Å². The molecule has 2 rings (SSSR count). The quantitative estimate of drug-likeness (QED) is 0.465. The van der Waals surface area contributed by atoms with Crippen molar-refractivity contribution in [2.45, 2.75) is 26.3 Å². The van der Waals surface area contributed by atoms with E-state index in [-0.39, 0.29) is 22.9 Å². The summed E-state index contributed by atoms with van der Waals surface area (Å²) in [5, 5.41) is 9.54. The topological polar surface area (TPSA) is 57.6 Å². The van der Waals surface area contributed by atoms with Crippen LogP contribution in [0.15, 0.2) is 17.0 Å². The highest BCUT2D eigenvalue weighted by Gasteiger charge is 2.37. The fourth-order valence-corrected chi connectivity index (χ4v) is 4.61. The van der Waals surface area contributed by atoms with Crippen LogP contribution in [-0.2, 0) is 4.79 Å². The second kappa shape index (κ2) is 6.86. The molecule has 1 heterocycles. The van der Waals surface area contributed by atoms with E-state index in [0.29, 0.717) is 12.0 Å². The van der Waals surface area contributed by atoms with Crippen molar-refractivity contribution >= 4 is 74.2 Å². The summed E-state index contributed by atoms with van der Waals surface area (Å²) in [7, 11) is 0. The first-order chi connectivity index (χ1) is 9.85. The number of hydrogen-bond donors (Lipinski definition) is 1. The molecule has 1 N–H and O–H groups in total. The number of carbonyl (C=O) groups is 2. The number of carbonyl (C=O) groups excluding carboxylic acids is 2. The normalized spacial score (nSPS) is 18.7. The average Bonchev–Trinajstić information content (AvgIpc) is 2.70. The van der Waals surface area contributed by atoms with Gasteiger partial charge in [0.1, 0.15) is 5.75 Å². The van der Waals surface area contributed by atoms with Crippen LogP contribution in [0.25, 0.3) is 6.08 Å². The zero-order chi connectivity index (χ0) is 15.7. The third-order valence-electron chi connectivity index (χ3n) is 3.19. The maximum atomic E-state index is 12.3. The molecular formula is C14H13I2NO3S. The molecule has 1 aromatic carbocycles. The minimum Gasteiger partial charge on any atom is -0.506 e. The zero-order valence-corrected chi connectivity index (χ0v) is 16.5. The second-order valence-corrected chi connectivity index (χ2v) is 7.96. The summed E-state index contributed by atoms with van der Waals surface area (Å²) in [6, 6.07) is 3.48. The molecule has 2 amide bonds. The molecule has 0 aliphatic carbocycles. The van der Waals surface area contributed by atoms with Gasteiger partial charge in [-0.15, -0.1) is 0 Å². The molecule has 1 aromatic rings. The van der Waals surface area contributed by atoms with Gasteiger partial charge >= 0.3 is 0 Å². The third-order valence-corrected chi connectivity index (χ3v) is 5.72. The lowest BCUT2D eigenvalue weighted by atomic mass is 10.2. The van der Waals surface area contributed by atoms with Crippen molar-refractivity contribution < 1.29 is 14.7 Å². The van der Waals surface area contributed by atoms with Gasteiger partial charge in [0, 0.05) is 6.04 Å². The van der Waals surface area contributed by atoms with E-state index in [0.717, 1.165) is 23.7 Å². The van der Waals surface area contributed by atoms with Crippen LogP contribution in [0, 0.1) is 7.14 Å². The first kappa shape index (κ1) is 17.1. The molecule has 0 saturated carbocycles. The fourth-order valence-electron chi connectivity index (χ4n) is 1.86. The lowest BCUT2D eigenvalue weighted by Crippen LogP contribution is -2.36. The Kier molecular flexibility index (Phi) is 5.58. The minimum atomic E-state index is -0.238. The molecular weight excluding hydrogens is 516 g/mol. The van der Waals surface area contributed by atoms with Crippen LogP contribution in [0.2, 0.25) is 0 Å². The van der Waals surface area contributed by atoms with Gasteiger partial charge in [0.2, 0.25) is 0 Å². The van der Waals surface area contributed by atoms with Gasteiger partial charge in [-0.05, 0) is 94.1 Å². The number of phenols is 1. The molecule has 1 fully saturated rings. The van der Waals surface area contributed by atoms with Crippen molar-refractivity contribution in [3.8, 4) is 5.75 Å². The number of rotatable bonds is 3. The summed E-state index contributed by atoms with van der Waals surface area (Å²) in [6.45, 7) is 3.81. The predicted molar refractivity (Wildman–Crippen MR) is 101 cm³/mol. The molecule has 0 spiro atoms. The van der Waals surface area contributed by atoms with Crippen LogP contribution in [0.5, 0.6) is 5.75 Å². The van der Waals surface area contributed by atoms with E-state index in [2.05, 4.69) is 0 Å². The Bertz CT molecular complexity index is 622. The van der Waals surface area contributed by atoms with Gasteiger partial charge in [-0.3, -0.25) is 14.5 Å². The number of aromatic hydroxyl groups is 1. The van der Waals surface area contributed by atoms with E-state index < -0.39 is 0 Å². The zero-order valence-electron chi connectivity index (χ0n) is 11.4. The van der Waals surface area contributed by atoms with Crippen molar-refractivity contribution in [1.82, 2.24) is 4.90 Å². The summed E-state index contributed by atoms with van der Waals surface area (Å²) < 4.78 is 1.43. The van der Waals surface area contributed by atoms with E-state index in [4.69, 9.17) is 0 Å². The minimum absolute atomic E-state index is 0.0940. The molecule has 1 atom stereocenters. The standard InChI is InChI=1S/C14H13I2NO3S/c1-3-7(2)17-13(19)11(21-14(17)20)6-8-4-9(15)12(18)10(16)5-8/h4-7,18H,3H2,1-2H3/b11-6+/t7-/m0/s1. The smallest absolute Gasteiger partial charge is 0.293 e. The molecule has 1 saturated heterocycles. The second-order valence-electron chi connectivity index (χ2n) is 4.64. The first-order valence-corrected chi connectivity index (χ1v) is 9.27. The van der Waals surface area contributed by atoms with Gasteiger partial charge < -0.3 is 5.11 Å². The summed E-state index contributed by atoms with van der Waals surface area (Å²) in [6.07, 6.45) is 2.44. The number of imide groups is 1. The van der Waals surface area contributed by atoms with Crippen molar-refractivity contribution in [2.75, 3.05) is 0 Å². The molecule has 0 aromatic heterocycles. The van der Waals surface area contributed by atoms with Crippen molar-refractivity contribution in [3.63, 3.8) is 0 Å². The van der Waals surface area contributed by atoms with E-state index in [1.807, 2.05) is 59.0 Å². The van der Waals surface area contributed by atoms with Crippen molar-refractivity contribution in [2.24, 2.45) is 0 Å². The lowest BCUT2D eigenvalue weighted by Gasteiger charge is -2.19. The lowest BCUT2D eigenvalue weighted by molar-refractivity contribution is -0.124. The Morgan fingerprint density at radius 3 is 2.43 bits per heavy atom. The number of amides is 2. The number of nitrogens with zero attached hydrogens (tertiary/aromatic N) is 1. The summed E-state index contributed by atoms with van der Waals surface area (Å²) >= 11 is 5.05. The predicted octanol–water partition coefficient (Wildman–Crippen LogP) is 4.44. The molecule has 112 valence electrons. The largest absolute Gasteiger partial charge is 0.506 e. The number of hydrogen-bond acceptors (Lipinski definition) is 4. The summed E-state index contributed by atoms with van der Waals surface area (Å²) in [5.74, 6) is -0.00139. The summed E-state index contributed by atoms with van der Waals surface area (Å²) in [5.41, 5.74) is 0.802. The highest BCUT2D eigenvalue weighted by atomic mass is 127. The Hall–Kier alpha value is -0.290. The van der Waals surface area contributed by atoms with Gasteiger partial charge in [-0.2, -0.15) is 0 Å². The molecule has 0 radical (unpaired) electrons. The van der Waals surface area contributed by atoms with E-state index in [9.17, 15) is 14.7 Å². The SMILES string of the molecule is CC[C@H](C)N1C(=O)S/C(=C/c2cc(I)c(O)c(I)c2)C1=O. The fraction of sp³-hybridized carbons (Fsp3) is 0.286. The number of thioether (sulfide) groups is 1. The molecule has 21 heavy (non-hydrogen) atoms. The van der Waals surface area contributed by atoms with Gasteiger partial charge in [-0.25, -0.2) is 0 Å². The molecule has 1 aliphatic heterocycles. The maximum absolute atomic E-state index is 12.3. The summed E-state index contributed by atoms with van der Waals surface area (Å²) in [4.78, 5) is 26.0. The van der Waals surface area contributed by atoms with E-state index in [1.54, 1.807) is 18.2 Å². The first-order valence-electron chi connectivity index (χ1n) is 6.30. The van der Waals surface area contributed by atoms with Crippen LogP contribution in [0.3, 0.4) is 0 Å². The number of benzene rings is 1. The van der Waals surface area contributed by atoms with Crippen molar-refractivity contribution in [1.29, 1.82) is 0 Å². The molecule has 4 nitrogen and oxygen atoms in total. The van der Waals surface area contributed by atoms with Crippen LogP contribution in [0.1, 0.15) is 25.8 Å². The third kappa shape index (κ3) is 3.55. The van der Waals surface area contributed by atoms with Crippen LogP contribution in [0.4, 0.5) is 4.79 Å². The Balaban J connectivity index is 2.35. The van der Waals surface area contributed by atoms with Crippen LogP contribution < -0.4 is 0 Å². The van der Waals surface area contributed by atoms with Crippen LogP contribution >= 0.6 is 56.9 Å². The molecule has 1 aliphatic rings. The Morgan fingerprint density at radius 2 is 1.90 bits per heavy atom. The van der Waals surface area contributed by atoms with Crippen LogP contribution in [-0.4, -0.2) is 27.2 Å². The van der Waals surface area contributed by atoms with E-state index >= 15 is 0 Å².